The van der Waals surface area contributed by atoms with Gasteiger partial charge in [0.2, 0.25) is 0 Å². The largest absolute Gasteiger partial charge is 0.462 e. The Morgan fingerprint density at radius 3 is 2.50 bits per heavy atom. The van der Waals surface area contributed by atoms with Crippen LogP contribution in [-0.2, 0) is 14.3 Å². The van der Waals surface area contributed by atoms with Gasteiger partial charge in [0.05, 0.1) is 0 Å². The fraction of sp³-hybridized carbons (Fsp3) is 0.750. The van der Waals surface area contributed by atoms with Crippen molar-refractivity contribution in [1.82, 2.24) is 0 Å². The van der Waals surface area contributed by atoms with Crippen molar-refractivity contribution in [2.45, 2.75) is 38.0 Å². The van der Waals surface area contributed by atoms with E-state index in [-0.39, 0.29) is 22.4 Å². The lowest BCUT2D eigenvalue weighted by Crippen LogP contribution is -2.19. The molecule has 0 aromatic heterocycles. The van der Waals surface area contributed by atoms with Crippen LogP contribution in [0.4, 0.5) is 0 Å². The lowest BCUT2D eigenvalue weighted by atomic mass is 10.5. The van der Waals surface area contributed by atoms with Crippen LogP contribution in [0.3, 0.4) is 0 Å². The zero-order chi connectivity index (χ0) is 9.14. The van der Waals surface area contributed by atoms with E-state index in [1.54, 1.807) is 6.92 Å². The maximum Gasteiger partial charge on any atom is 0.319 e. The van der Waals surface area contributed by atoms with Crippen LogP contribution in [0.2, 0.25) is 0 Å². The molecule has 68 valence electrons. The Morgan fingerprint density at radius 2 is 2.08 bits per heavy atom. The summed E-state index contributed by atoms with van der Waals surface area (Å²) in [5, 5.41) is -0.404. The van der Waals surface area contributed by atoms with Crippen LogP contribution < -0.4 is 0 Å². The van der Waals surface area contributed by atoms with E-state index in [4.69, 9.17) is 4.74 Å². The van der Waals surface area contributed by atoms with Gasteiger partial charge in [-0.15, -0.1) is 0 Å². The predicted octanol–water partition coefficient (Wildman–Crippen LogP) is 1.36. The summed E-state index contributed by atoms with van der Waals surface area (Å²) in [6.07, 6.45) is 2.08. The lowest BCUT2D eigenvalue weighted by Gasteiger charge is -2.07. The van der Waals surface area contributed by atoms with Gasteiger partial charge in [0.25, 0.3) is 0 Å². The second-order valence-corrected chi connectivity index (χ2v) is 4.41. The maximum atomic E-state index is 11.1. The van der Waals surface area contributed by atoms with Crippen molar-refractivity contribution in [3.05, 3.63) is 0 Å². The average molecular weight is 188 g/mol. The normalized spacial score (nSPS) is 18.5. The molecule has 0 bridgehead atoms. The van der Waals surface area contributed by atoms with Gasteiger partial charge in [-0.2, -0.15) is 0 Å². The standard InChI is InChI=1S/C8H12O3S/c1-5(12-6(2)9)8(10)11-7-3-4-7/h5,7H,3-4H2,1-2H3/t5-/m0/s1. The number of hydrogen-bond donors (Lipinski definition) is 0. The van der Waals surface area contributed by atoms with E-state index in [9.17, 15) is 9.59 Å². The van der Waals surface area contributed by atoms with E-state index in [0.717, 1.165) is 24.6 Å². The van der Waals surface area contributed by atoms with Crippen molar-refractivity contribution >= 4 is 22.8 Å². The zero-order valence-electron chi connectivity index (χ0n) is 7.20. The van der Waals surface area contributed by atoms with E-state index in [2.05, 4.69) is 0 Å². The summed E-state index contributed by atoms with van der Waals surface area (Å²) in [5.74, 6) is -0.266. The number of ether oxygens (including phenoxy) is 1. The van der Waals surface area contributed by atoms with E-state index >= 15 is 0 Å². The van der Waals surface area contributed by atoms with Gasteiger partial charge in [0, 0.05) is 6.92 Å². The first-order valence-electron chi connectivity index (χ1n) is 3.97. The highest BCUT2D eigenvalue weighted by atomic mass is 32.2. The lowest BCUT2D eigenvalue weighted by molar-refractivity contribution is -0.143. The van der Waals surface area contributed by atoms with E-state index in [1.165, 1.54) is 6.92 Å². The minimum atomic E-state index is -0.358. The number of esters is 1. The van der Waals surface area contributed by atoms with Crippen LogP contribution >= 0.6 is 11.8 Å². The molecule has 3 nitrogen and oxygen atoms in total. The molecule has 0 amide bonds. The molecule has 0 unspecified atom stereocenters. The Morgan fingerprint density at radius 1 is 1.50 bits per heavy atom. The smallest absolute Gasteiger partial charge is 0.319 e. The molecule has 0 heterocycles. The first-order valence-corrected chi connectivity index (χ1v) is 4.85. The SMILES string of the molecule is CC(=O)S[C@@H](C)C(=O)OC1CC1. The van der Waals surface area contributed by atoms with Crippen LogP contribution in [0.15, 0.2) is 0 Å². The van der Waals surface area contributed by atoms with Crippen LogP contribution in [0.5, 0.6) is 0 Å². The Kier molecular flexibility index (Phi) is 3.14. The molecule has 0 N–H and O–H groups in total. The van der Waals surface area contributed by atoms with Crippen molar-refractivity contribution < 1.29 is 14.3 Å². The summed E-state index contributed by atoms with van der Waals surface area (Å²) in [5.41, 5.74) is 0. The van der Waals surface area contributed by atoms with Crippen molar-refractivity contribution in [1.29, 1.82) is 0 Å². The highest BCUT2D eigenvalue weighted by Gasteiger charge is 2.28. The third kappa shape index (κ3) is 3.26. The van der Waals surface area contributed by atoms with Crippen molar-refractivity contribution in [3.63, 3.8) is 0 Å². The molecule has 1 fully saturated rings. The molecule has 1 aliphatic carbocycles. The third-order valence-electron chi connectivity index (χ3n) is 1.48. The fourth-order valence-corrected chi connectivity index (χ4v) is 1.39. The summed E-state index contributed by atoms with van der Waals surface area (Å²) in [4.78, 5) is 21.7. The zero-order valence-corrected chi connectivity index (χ0v) is 8.02. The minimum Gasteiger partial charge on any atom is -0.462 e. The molecular formula is C8H12O3S. The molecule has 1 rings (SSSR count). The molecule has 0 radical (unpaired) electrons. The molecular weight excluding hydrogens is 176 g/mol. The molecule has 12 heavy (non-hydrogen) atoms. The minimum absolute atomic E-state index is 0.0461. The molecule has 1 atom stereocenters. The first-order chi connectivity index (χ1) is 5.59. The number of carbonyl (C=O) groups is 2. The number of thioether (sulfide) groups is 1. The Balaban J connectivity index is 2.24. The predicted molar refractivity (Wildman–Crippen MR) is 46.8 cm³/mol. The third-order valence-corrected chi connectivity index (χ3v) is 2.36. The molecule has 1 aliphatic rings. The monoisotopic (exact) mass is 188 g/mol. The summed E-state index contributed by atoms with van der Waals surface area (Å²) in [6, 6.07) is 0. The number of hydrogen-bond acceptors (Lipinski definition) is 4. The van der Waals surface area contributed by atoms with Crippen LogP contribution in [-0.4, -0.2) is 22.4 Å². The van der Waals surface area contributed by atoms with Crippen LogP contribution in [0.25, 0.3) is 0 Å². The Bertz CT molecular complexity index is 198. The van der Waals surface area contributed by atoms with Crippen LogP contribution in [0.1, 0.15) is 26.7 Å². The fourth-order valence-electron chi connectivity index (χ4n) is 0.743. The van der Waals surface area contributed by atoms with Gasteiger partial charge in [-0.05, 0) is 19.8 Å². The van der Waals surface area contributed by atoms with Crippen LogP contribution in [0, 0.1) is 0 Å². The van der Waals surface area contributed by atoms with Crippen molar-refractivity contribution in [2.24, 2.45) is 0 Å². The number of carbonyl (C=O) groups excluding carboxylic acids is 2. The van der Waals surface area contributed by atoms with Gasteiger partial charge in [-0.1, -0.05) is 11.8 Å². The second-order valence-electron chi connectivity index (χ2n) is 2.89. The summed E-state index contributed by atoms with van der Waals surface area (Å²) < 4.78 is 5.01. The quantitative estimate of drug-likeness (QED) is 0.627. The molecule has 0 aliphatic heterocycles. The molecule has 0 spiro atoms. The highest BCUT2D eigenvalue weighted by molar-refractivity contribution is 8.14. The number of rotatable bonds is 3. The summed E-state index contributed by atoms with van der Waals surface area (Å²) >= 11 is 1.02. The molecule has 0 saturated heterocycles. The van der Waals surface area contributed by atoms with Gasteiger partial charge in [0.1, 0.15) is 11.4 Å². The highest BCUT2D eigenvalue weighted by Crippen LogP contribution is 2.25. The van der Waals surface area contributed by atoms with Gasteiger partial charge < -0.3 is 4.74 Å². The average Bonchev–Trinajstić information content (AvgIpc) is 2.70. The van der Waals surface area contributed by atoms with Gasteiger partial charge >= 0.3 is 5.97 Å². The summed E-state index contributed by atoms with van der Waals surface area (Å²) in [7, 11) is 0. The van der Waals surface area contributed by atoms with E-state index in [1.807, 2.05) is 0 Å². The molecule has 0 aromatic rings. The van der Waals surface area contributed by atoms with E-state index in [0.29, 0.717) is 0 Å². The Labute approximate surface area is 75.8 Å². The molecule has 0 aromatic carbocycles. The maximum absolute atomic E-state index is 11.1. The van der Waals surface area contributed by atoms with Crippen molar-refractivity contribution in [2.75, 3.05) is 0 Å². The van der Waals surface area contributed by atoms with Crippen molar-refractivity contribution in [3.8, 4) is 0 Å². The van der Waals surface area contributed by atoms with E-state index < -0.39 is 0 Å². The summed E-state index contributed by atoms with van der Waals surface area (Å²) in [6.45, 7) is 3.14. The van der Waals surface area contributed by atoms with Gasteiger partial charge in [-0.3, -0.25) is 9.59 Å². The first kappa shape index (κ1) is 9.58. The van der Waals surface area contributed by atoms with Gasteiger partial charge in [-0.25, -0.2) is 0 Å². The van der Waals surface area contributed by atoms with Gasteiger partial charge in [0.15, 0.2) is 5.12 Å². The second kappa shape index (κ2) is 3.94. The molecule has 1 saturated carbocycles. The topological polar surface area (TPSA) is 43.4 Å². The molecule has 4 heteroatoms. The Hall–Kier alpha value is -0.510.